The van der Waals surface area contributed by atoms with Crippen LogP contribution in [0, 0.1) is 11.7 Å². The Labute approximate surface area is 197 Å². The van der Waals surface area contributed by atoms with Crippen molar-refractivity contribution >= 4 is 28.6 Å². The largest absolute Gasteiger partial charge is 0.497 e. The molecule has 3 heterocycles. The second kappa shape index (κ2) is 9.43. The van der Waals surface area contributed by atoms with Crippen LogP contribution in [0.2, 0.25) is 0 Å². The molecule has 1 amide bonds. The molecule has 0 radical (unpaired) electrons. The zero-order valence-corrected chi connectivity index (χ0v) is 19.5. The average molecular weight is 466 g/mol. The number of carbonyl (C=O) groups is 1. The molecule has 33 heavy (non-hydrogen) atoms. The van der Waals surface area contributed by atoms with Crippen LogP contribution in [0.15, 0.2) is 60.0 Å². The molecule has 0 unspecified atom stereocenters. The molecule has 1 N–H and O–H groups in total. The molecule has 0 spiro atoms. The number of amides is 1. The van der Waals surface area contributed by atoms with Gasteiger partial charge in [0.05, 0.1) is 19.1 Å². The Balaban J connectivity index is 1.38. The van der Waals surface area contributed by atoms with E-state index in [0.717, 1.165) is 36.6 Å². The zero-order valence-electron chi connectivity index (χ0n) is 18.7. The normalized spacial score (nSPS) is 19.6. The molecular formula is C26H28FN3O2S. The van der Waals surface area contributed by atoms with Gasteiger partial charge in [0, 0.05) is 48.5 Å². The molecule has 1 aromatic heterocycles. The minimum absolute atomic E-state index is 0.0325. The van der Waals surface area contributed by atoms with Crippen LogP contribution >= 0.6 is 11.3 Å². The van der Waals surface area contributed by atoms with E-state index in [1.165, 1.54) is 22.6 Å². The Morgan fingerprint density at radius 1 is 1.18 bits per heavy atom. The number of fused-ring (bicyclic) bond motifs is 3. The number of ether oxygens (including phenoxy) is 1. The number of benzene rings is 2. The number of anilines is 2. The smallest absolute Gasteiger partial charge is 0.225 e. The Hall–Kier alpha value is -3.06. The summed E-state index contributed by atoms with van der Waals surface area (Å²) in [5.41, 5.74) is 3.32. The van der Waals surface area contributed by atoms with E-state index in [1.54, 1.807) is 18.4 Å². The van der Waals surface area contributed by atoms with Gasteiger partial charge in [-0.25, -0.2) is 4.39 Å². The summed E-state index contributed by atoms with van der Waals surface area (Å²) in [6, 6.07) is 17.0. The van der Waals surface area contributed by atoms with E-state index < -0.39 is 0 Å². The molecule has 1 saturated heterocycles. The van der Waals surface area contributed by atoms with Gasteiger partial charge in [0.2, 0.25) is 5.91 Å². The molecule has 2 atom stereocenters. The van der Waals surface area contributed by atoms with E-state index in [1.807, 2.05) is 24.3 Å². The molecule has 5 rings (SSSR count). The van der Waals surface area contributed by atoms with Crippen molar-refractivity contribution in [3.8, 4) is 5.75 Å². The monoisotopic (exact) mass is 465 g/mol. The van der Waals surface area contributed by atoms with E-state index in [2.05, 4.69) is 38.7 Å². The van der Waals surface area contributed by atoms with Crippen LogP contribution in [-0.4, -0.2) is 45.2 Å². The van der Waals surface area contributed by atoms with Crippen molar-refractivity contribution < 1.29 is 13.9 Å². The average Bonchev–Trinajstić information content (AvgIpc) is 3.37. The molecule has 7 heteroatoms. The van der Waals surface area contributed by atoms with Crippen LogP contribution in [0.4, 0.5) is 15.8 Å². The van der Waals surface area contributed by atoms with Gasteiger partial charge in [-0.15, -0.1) is 11.3 Å². The van der Waals surface area contributed by atoms with Crippen molar-refractivity contribution in [1.82, 2.24) is 5.32 Å². The molecule has 5 nitrogen and oxygen atoms in total. The van der Waals surface area contributed by atoms with E-state index in [0.29, 0.717) is 19.5 Å². The van der Waals surface area contributed by atoms with Gasteiger partial charge in [0.15, 0.2) is 0 Å². The first kappa shape index (κ1) is 21.8. The number of hydrogen-bond acceptors (Lipinski definition) is 5. The summed E-state index contributed by atoms with van der Waals surface area (Å²) in [7, 11) is 1.68. The standard InChI is InChI=1S/C26H28FN3O2S/c1-32-21-9-4-18-15-23(26(31)28-11-10-22-3-2-14-33-22)25-17-29(12-13-30(25)24(18)16-21)20-7-5-19(27)6-8-20/h2-9,14,16,23,25H,10-13,15,17H2,1H3,(H,28,31)/t23-,25+/m0/s1. The first-order chi connectivity index (χ1) is 16.1. The minimum Gasteiger partial charge on any atom is -0.497 e. The molecule has 172 valence electrons. The highest BCUT2D eigenvalue weighted by Crippen LogP contribution is 2.39. The number of nitrogens with zero attached hydrogens (tertiary/aromatic N) is 2. The summed E-state index contributed by atoms with van der Waals surface area (Å²) in [6.45, 7) is 2.96. The number of nitrogens with one attached hydrogen (secondary N) is 1. The summed E-state index contributed by atoms with van der Waals surface area (Å²) in [5.74, 6) is 0.535. The number of hydrogen-bond donors (Lipinski definition) is 1. The second-order valence-corrected chi connectivity index (χ2v) is 9.64. The topological polar surface area (TPSA) is 44.8 Å². The highest BCUT2D eigenvalue weighted by atomic mass is 32.1. The van der Waals surface area contributed by atoms with Gasteiger partial charge in [0.1, 0.15) is 11.6 Å². The fourth-order valence-corrected chi connectivity index (χ4v) is 5.69. The lowest BCUT2D eigenvalue weighted by Crippen LogP contribution is -2.61. The van der Waals surface area contributed by atoms with Crippen molar-refractivity contribution in [1.29, 1.82) is 0 Å². The van der Waals surface area contributed by atoms with Crippen molar-refractivity contribution in [2.75, 3.05) is 43.1 Å². The van der Waals surface area contributed by atoms with E-state index in [-0.39, 0.29) is 23.7 Å². The summed E-state index contributed by atoms with van der Waals surface area (Å²) >= 11 is 1.72. The highest BCUT2D eigenvalue weighted by Gasteiger charge is 2.41. The molecule has 1 fully saturated rings. The highest BCUT2D eigenvalue weighted by molar-refractivity contribution is 7.09. The van der Waals surface area contributed by atoms with Crippen molar-refractivity contribution in [2.45, 2.75) is 18.9 Å². The summed E-state index contributed by atoms with van der Waals surface area (Å²) < 4.78 is 18.9. The lowest BCUT2D eigenvalue weighted by molar-refractivity contribution is -0.125. The number of rotatable bonds is 6. The van der Waals surface area contributed by atoms with Gasteiger partial charge in [-0.1, -0.05) is 12.1 Å². The molecule has 2 aliphatic rings. The summed E-state index contributed by atoms with van der Waals surface area (Å²) in [4.78, 5) is 19.3. The maximum Gasteiger partial charge on any atom is 0.225 e. The number of thiophene rings is 1. The number of carbonyl (C=O) groups excluding carboxylic acids is 1. The second-order valence-electron chi connectivity index (χ2n) is 8.61. The first-order valence-electron chi connectivity index (χ1n) is 11.4. The lowest BCUT2D eigenvalue weighted by atomic mass is 9.83. The van der Waals surface area contributed by atoms with Crippen molar-refractivity contribution in [2.24, 2.45) is 5.92 Å². The number of piperazine rings is 1. The van der Waals surface area contributed by atoms with Crippen molar-refractivity contribution in [3.05, 3.63) is 76.2 Å². The first-order valence-corrected chi connectivity index (χ1v) is 12.2. The van der Waals surface area contributed by atoms with Crippen LogP contribution in [0.1, 0.15) is 10.4 Å². The Kier molecular flexibility index (Phi) is 6.22. The van der Waals surface area contributed by atoms with Gasteiger partial charge in [-0.2, -0.15) is 0 Å². The zero-order chi connectivity index (χ0) is 22.8. The van der Waals surface area contributed by atoms with Crippen LogP contribution in [0.5, 0.6) is 5.75 Å². The van der Waals surface area contributed by atoms with E-state index in [4.69, 9.17) is 4.74 Å². The lowest BCUT2D eigenvalue weighted by Gasteiger charge is -2.49. The van der Waals surface area contributed by atoms with E-state index in [9.17, 15) is 9.18 Å². The van der Waals surface area contributed by atoms with Gasteiger partial charge in [-0.3, -0.25) is 4.79 Å². The Morgan fingerprint density at radius 3 is 2.79 bits per heavy atom. The third kappa shape index (κ3) is 4.55. The molecular weight excluding hydrogens is 437 g/mol. The van der Waals surface area contributed by atoms with Gasteiger partial charge >= 0.3 is 0 Å². The van der Waals surface area contributed by atoms with Gasteiger partial charge in [-0.05, 0) is 60.2 Å². The van der Waals surface area contributed by atoms with Crippen molar-refractivity contribution in [3.63, 3.8) is 0 Å². The number of methoxy groups -OCH3 is 1. The Bertz CT molecular complexity index is 1100. The quantitative estimate of drug-likeness (QED) is 0.595. The van der Waals surface area contributed by atoms with Gasteiger partial charge in [0.25, 0.3) is 0 Å². The molecule has 0 bridgehead atoms. The Morgan fingerprint density at radius 2 is 2.03 bits per heavy atom. The predicted molar refractivity (Wildman–Crippen MR) is 131 cm³/mol. The maximum absolute atomic E-state index is 13.5. The summed E-state index contributed by atoms with van der Waals surface area (Å²) in [6.07, 6.45) is 1.54. The fourth-order valence-electron chi connectivity index (χ4n) is 4.99. The number of halogens is 1. The molecule has 2 aromatic carbocycles. The molecule has 3 aromatic rings. The predicted octanol–water partition coefficient (Wildman–Crippen LogP) is 4.12. The fraction of sp³-hybridized carbons (Fsp3) is 0.346. The van der Waals surface area contributed by atoms with Crippen LogP contribution in [0.25, 0.3) is 0 Å². The third-order valence-corrected chi connectivity index (χ3v) is 7.64. The molecule has 0 aliphatic carbocycles. The SMILES string of the molecule is COc1ccc2c(c1)N1CCN(c3ccc(F)cc3)C[C@@H]1[C@@H](C(=O)NCCc1cccs1)C2. The third-order valence-electron chi connectivity index (χ3n) is 6.70. The van der Waals surface area contributed by atoms with Crippen LogP contribution in [0.3, 0.4) is 0 Å². The maximum atomic E-state index is 13.5. The van der Waals surface area contributed by atoms with Gasteiger partial charge < -0.3 is 19.9 Å². The molecule has 2 aliphatic heterocycles. The summed E-state index contributed by atoms with van der Waals surface area (Å²) in [5, 5.41) is 5.25. The van der Waals surface area contributed by atoms with Crippen LogP contribution < -0.4 is 19.9 Å². The molecule has 0 saturated carbocycles. The van der Waals surface area contributed by atoms with E-state index >= 15 is 0 Å². The minimum atomic E-state index is -0.237. The van der Waals surface area contributed by atoms with Crippen LogP contribution in [-0.2, 0) is 17.6 Å².